The zero-order chi connectivity index (χ0) is 17.1. The zero-order valence-corrected chi connectivity index (χ0v) is 12.9. The number of furan rings is 1. The third kappa shape index (κ3) is 3.15. The van der Waals surface area contributed by atoms with Gasteiger partial charge in [0.1, 0.15) is 6.04 Å². The summed E-state index contributed by atoms with van der Waals surface area (Å²) in [5.74, 6) is -0.954. The summed E-state index contributed by atoms with van der Waals surface area (Å²) in [4.78, 5) is 37.7. The fourth-order valence-corrected chi connectivity index (χ4v) is 2.80. The van der Waals surface area contributed by atoms with Crippen LogP contribution in [-0.4, -0.2) is 35.2 Å². The third-order valence-corrected chi connectivity index (χ3v) is 3.96. The highest BCUT2D eigenvalue weighted by Gasteiger charge is 2.35. The van der Waals surface area contributed by atoms with E-state index in [-0.39, 0.29) is 17.6 Å². The maximum atomic E-state index is 12.5. The van der Waals surface area contributed by atoms with E-state index >= 15 is 0 Å². The molecule has 24 heavy (non-hydrogen) atoms. The predicted octanol–water partition coefficient (Wildman–Crippen LogP) is 1.62. The standard InChI is InChI=1S/C17H17N3O4/c18-15(21)11-4-1-5-12(10-11)19-16(22)13-6-2-8-20(13)17(23)14-7-3-9-24-14/h1,3-5,7,9-10,13H,2,6,8H2,(H2,18,21)(H,19,22). The van der Waals surface area contributed by atoms with Crippen molar-refractivity contribution in [2.75, 3.05) is 11.9 Å². The molecule has 3 amide bonds. The molecule has 7 heteroatoms. The Balaban J connectivity index is 1.73. The Bertz CT molecular complexity index is 770. The molecule has 124 valence electrons. The quantitative estimate of drug-likeness (QED) is 0.890. The van der Waals surface area contributed by atoms with Crippen LogP contribution < -0.4 is 11.1 Å². The summed E-state index contributed by atoms with van der Waals surface area (Å²) in [6, 6.07) is 9.02. The summed E-state index contributed by atoms with van der Waals surface area (Å²) in [7, 11) is 0. The molecule has 7 nitrogen and oxygen atoms in total. The van der Waals surface area contributed by atoms with Crippen LogP contribution in [0.2, 0.25) is 0 Å². The minimum Gasteiger partial charge on any atom is -0.459 e. The van der Waals surface area contributed by atoms with Crippen molar-refractivity contribution in [2.45, 2.75) is 18.9 Å². The van der Waals surface area contributed by atoms with Crippen molar-refractivity contribution < 1.29 is 18.8 Å². The van der Waals surface area contributed by atoms with Gasteiger partial charge < -0.3 is 20.4 Å². The predicted molar refractivity (Wildman–Crippen MR) is 86.4 cm³/mol. The van der Waals surface area contributed by atoms with E-state index in [0.29, 0.717) is 24.2 Å². The Hall–Kier alpha value is -3.09. The molecule has 1 fully saturated rings. The van der Waals surface area contributed by atoms with Crippen LogP contribution in [0.3, 0.4) is 0 Å². The van der Waals surface area contributed by atoms with Crippen LogP contribution in [0.15, 0.2) is 47.1 Å². The lowest BCUT2D eigenvalue weighted by Crippen LogP contribution is -2.43. The molecule has 2 aromatic rings. The number of nitrogens with one attached hydrogen (secondary N) is 1. The molecular formula is C17H17N3O4. The number of hydrogen-bond acceptors (Lipinski definition) is 4. The van der Waals surface area contributed by atoms with E-state index in [1.165, 1.54) is 17.2 Å². The summed E-state index contributed by atoms with van der Waals surface area (Å²) in [5, 5.41) is 2.74. The van der Waals surface area contributed by atoms with Crippen LogP contribution in [0.25, 0.3) is 0 Å². The van der Waals surface area contributed by atoms with Crippen molar-refractivity contribution in [3.05, 3.63) is 54.0 Å². The Kier molecular flexibility index (Phi) is 4.33. The van der Waals surface area contributed by atoms with Crippen LogP contribution in [-0.2, 0) is 4.79 Å². The van der Waals surface area contributed by atoms with E-state index in [0.717, 1.165) is 6.42 Å². The van der Waals surface area contributed by atoms with Crippen LogP contribution in [0.1, 0.15) is 33.8 Å². The molecule has 0 saturated carbocycles. The number of carbonyl (C=O) groups is 3. The van der Waals surface area contributed by atoms with Gasteiger partial charge in [-0.2, -0.15) is 0 Å². The highest BCUT2D eigenvalue weighted by molar-refractivity contribution is 6.01. The van der Waals surface area contributed by atoms with Crippen molar-refractivity contribution in [3.8, 4) is 0 Å². The Labute approximate surface area is 138 Å². The number of nitrogens with zero attached hydrogens (tertiary/aromatic N) is 1. The topological polar surface area (TPSA) is 106 Å². The molecule has 1 unspecified atom stereocenters. The van der Waals surface area contributed by atoms with Crippen molar-refractivity contribution in [1.29, 1.82) is 0 Å². The number of likely N-dealkylation sites (tertiary alicyclic amines) is 1. The molecule has 1 aliphatic rings. The van der Waals surface area contributed by atoms with Gasteiger partial charge in [0, 0.05) is 17.8 Å². The van der Waals surface area contributed by atoms with E-state index in [1.54, 1.807) is 30.3 Å². The number of primary amides is 1. The van der Waals surface area contributed by atoms with Gasteiger partial charge in [0.25, 0.3) is 5.91 Å². The molecule has 0 radical (unpaired) electrons. The van der Waals surface area contributed by atoms with Crippen LogP contribution in [0.4, 0.5) is 5.69 Å². The summed E-state index contributed by atoms with van der Waals surface area (Å²) < 4.78 is 5.12. The maximum Gasteiger partial charge on any atom is 0.290 e. The number of hydrogen-bond donors (Lipinski definition) is 2. The summed E-state index contributed by atoms with van der Waals surface area (Å²) >= 11 is 0. The van der Waals surface area contributed by atoms with Crippen LogP contribution >= 0.6 is 0 Å². The molecule has 1 aromatic carbocycles. The highest BCUT2D eigenvalue weighted by Crippen LogP contribution is 2.22. The molecule has 0 aliphatic carbocycles. The lowest BCUT2D eigenvalue weighted by Gasteiger charge is -2.23. The number of benzene rings is 1. The van der Waals surface area contributed by atoms with E-state index in [4.69, 9.17) is 10.2 Å². The van der Waals surface area contributed by atoms with Gasteiger partial charge in [0.05, 0.1) is 6.26 Å². The molecule has 0 bridgehead atoms. The van der Waals surface area contributed by atoms with Gasteiger partial charge in [0.15, 0.2) is 5.76 Å². The van der Waals surface area contributed by atoms with Gasteiger partial charge in [-0.25, -0.2) is 0 Å². The Morgan fingerprint density at radius 1 is 1.21 bits per heavy atom. The molecular weight excluding hydrogens is 310 g/mol. The SMILES string of the molecule is NC(=O)c1cccc(NC(=O)C2CCCN2C(=O)c2ccco2)c1. The molecule has 1 saturated heterocycles. The van der Waals surface area contributed by atoms with Crippen molar-refractivity contribution in [2.24, 2.45) is 5.73 Å². The van der Waals surface area contributed by atoms with E-state index in [9.17, 15) is 14.4 Å². The maximum absolute atomic E-state index is 12.5. The number of rotatable bonds is 4. The number of amides is 3. The van der Waals surface area contributed by atoms with Crippen molar-refractivity contribution in [3.63, 3.8) is 0 Å². The summed E-state index contributed by atoms with van der Waals surface area (Å²) in [6.07, 6.45) is 2.74. The molecule has 1 atom stereocenters. The second-order valence-electron chi connectivity index (χ2n) is 5.57. The second-order valence-corrected chi connectivity index (χ2v) is 5.57. The average Bonchev–Trinajstić information content (AvgIpc) is 3.26. The zero-order valence-electron chi connectivity index (χ0n) is 12.9. The van der Waals surface area contributed by atoms with Crippen molar-refractivity contribution >= 4 is 23.4 Å². The van der Waals surface area contributed by atoms with Gasteiger partial charge in [-0.1, -0.05) is 6.07 Å². The van der Waals surface area contributed by atoms with Gasteiger partial charge >= 0.3 is 0 Å². The minimum absolute atomic E-state index is 0.213. The first kappa shape index (κ1) is 15.8. The third-order valence-electron chi connectivity index (χ3n) is 3.96. The highest BCUT2D eigenvalue weighted by atomic mass is 16.3. The number of anilines is 1. The van der Waals surface area contributed by atoms with E-state index < -0.39 is 11.9 Å². The minimum atomic E-state index is -0.570. The smallest absolute Gasteiger partial charge is 0.290 e. The molecule has 1 aromatic heterocycles. The lowest BCUT2D eigenvalue weighted by atomic mass is 10.1. The van der Waals surface area contributed by atoms with Gasteiger partial charge in [0.2, 0.25) is 11.8 Å². The van der Waals surface area contributed by atoms with E-state index in [1.807, 2.05) is 0 Å². The Morgan fingerprint density at radius 3 is 2.75 bits per heavy atom. The summed E-state index contributed by atoms with van der Waals surface area (Å²) in [5.41, 5.74) is 6.01. The number of nitrogens with two attached hydrogens (primary N) is 1. The molecule has 0 spiro atoms. The van der Waals surface area contributed by atoms with Gasteiger partial charge in [-0.3, -0.25) is 14.4 Å². The van der Waals surface area contributed by atoms with E-state index in [2.05, 4.69) is 5.32 Å². The van der Waals surface area contributed by atoms with Crippen molar-refractivity contribution in [1.82, 2.24) is 4.90 Å². The summed E-state index contributed by atoms with van der Waals surface area (Å²) in [6.45, 7) is 0.499. The van der Waals surface area contributed by atoms with Gasteiger partial charge in [-0.05, 0) is 43.2 Å². The largest absolute Gasteiger partial charge is 0.459 e. The lowest BCUT2D eigenvalue weighted by molar-refractivity contribution is -0.119. The fraction of sp³-hybridized carbons (Fsp3) is 0.235. The Morgan fingerprint density at radius 2 is 2.04 bits per heavy atom. The van der Waals surface area contributed by atoms with Crippen LogP contribution in [0, 0.1) is 0 Å². The molecule has 1 aliphatic heterocycles. The molecule has 3 rings (SSSR count). The monoisotopic (exact) mass is 327 g/mol. The first-order valence-electron chi connectivity index (χ1n) is 7.61. The fourth-order valence-electron chi connectivity index (χ4n) is 2.80. The van der Waals surface area contributed by atoms with Crippen LogP contribution in [0.5, 0.6) is 0 Å². The molecule has 3 N–H and O–H groups in total. The average molecular weight is 327 g/mol. The first-order valence-corrected chi connectivity index (χ1v) is 7.61. The second kappa shape index (κ2) is 6.57. The molecule has 2 heterocycles. The first-order chi connectivity index (χ1) is 11.6. The normalized spacial score (nSPS) is 16.8. The van der Waals surface area contributed by atoms with Gasteiger partial charge in [-0.15, -0.1) is 0 Å². The number of carbonyl (C=O) groups excluding carboxylic acids is 3.